The second-order valence-corrected chi connectivity index (χ2v) is 7.00. The molecule has 4 rings (SSSR count). The van der Waals surface area contributed by atoms with Gasteiger partial charge in [-0.25, -0.2) is 12.2 Å². The Bertz CT molecular complexity index is 1130. The first kappa shape index (κ1) is 24.6. The Morgan fingerprint density at radius 1 is 1.07 bits per heavy atom. The zero-order chi connectivity index (χ0) is 19.3. The molecule has 0 saturated heterocycles. The molecule has 2 aromatic carbocycles. The first-order chi connectivity index (χ1) is 13.8. The van der Waals surface area contributed by atoms with Crippen molar-refractivity contribution in [1.29, 1.82) is 0 Å². The van der Waals surface area contributed by atoms with Gasteiger partial charge in [-0.2, -0.15) is 6.08 Å². The summed E-state index contributed by atoms with van der Waals surface area (Å²) in [7, 11) is 2.12. The summed E-state index contributed by atoms with van der Waals surface area (Å²) in [4.78, 5) is 2.26. The summed E-state index contributed by atoms with van der Waals surface area (Å²) in [5.74, 6) is 0. The molecule has 148 valence electrons. The van der Waals surface area contributed by atoms with Crippen LogP contribution in [0.2, 0.25) is 0 Å². The predicted molar refractivity (Wildman–Crippen MR) is 125 cm³/mol. The van der Waals surface area contributed by atoms with Gasteiger partial charge in [0.25, 0.3) is 0 Å². The average molecular weight is 421 g/mol. The molecule has 30 heavy (non-hydrogen) atoms. The molecule has 0 bridgehead atoms. The zero-order valence-corrected chi connectivity index (χ0v) is 21.3. The van der Waals surface area contributed by atoms with Crippen LogP contribution in [-0.2, 0) is 0 Å². The molecular formula is C27H27KNO-. The number of benzene rings is 2. The van der Waals surface area contributed by atoms with E-state index in [1.165, 1.54) is 27.6 Å². The molecule has 1 aromatic heterocycles. The van der Waals surface area contributed by atoms with Crippen molar-refractivity contribution in [3.8, 4) is 0 Å². The monoisotopic (exact) mass is 420 g/mol. The molecule has 3 heteroatoms. The molecule has 0 spiro atoms. The number of allylic oxidation sites excluding steroid dienone is 7. The van der Waals surface area contributed by atoms with Crippen LogP contribution >= 0.6 is 0 Å². The van der Waals surface area contributed by atoms with Gasteiger partial charge in [-0.1, -0.05) is 48.6 Å². The van der Waals surface area contributed by atoms with Gasteiger partial charge in [-0.15, -0.1) is 0 Å². The van der Waals surface area contributed by atoms with Crippen molar-refractivity contribution in [1.82, 2.24) is 4.90 Å². The van der Waals surface area contributed by atoms with Gasteiger partial charge >= 0.3 is 51.4 Å². The molecule has 0 atom stereocenters. The van der Waals surface area contributed by atoms with Crippen LogP contribution < -0.4 is 51.4 Å². The molecule has 0 amide bonds. The summed E-state index contributed by atoms with van der Waals surface area (Å²) in [6.07, 6.45) is 16.2. The van der Waals surface area contributed by atoms with E-state index < -0.39 is 0 Å². The van der Waals surface area contributed by atoms with Crippen molar-refractivity contribution in [2.45, 2.75) is 12.8 Å². The van der Waals surface area contributed by atoms with Gasteiger partial charge in [-0.05, 0) is 36.6 Å². The van der Waals surface area contributed by atoms with Crippen molar-refractivity contribution < 1.29 is 55.8 Å². The number of likely N-dealkylation sites (N-methyl/N-ethyl adjacent to an activating group) is 1. The van der Waals surface area contributed by atoms with Gasteiger partial charge in [0, 0.05) is 35.6 Å². The summed E-state index contributed by atoms with van der Waals surface area (Å²) in [6.45, 7) is 6.33. The number of hydrogen-bond donors (Lipinski definition) is 0. The number of rotatable bonds is 6. The summed E-state index contributed by atoms with van der Waals surface area (Å²) in [5.41, 5.74) is 5.55. The fourth-order valence-corrected chi connectivity index (χ4v) is 3.64. The van der Waals surface area contributed by atoms with Crippen LogP contribution in [0.25, 0.3) is 27.5 Å². The Kier molecular flexibility index (Phi) is 9.60. The van der Waals surface area contributed by atoms with Crippen LogP contribution in [-0.4, -0.2) is 18.5 Å². The Morgan fingerprint density at radius 2 is 1.87 bits per heavy atom. The Labute approximate surface area is 222 Å². The van der Waals surface area contributed by atoms with E-state index in [9.17, 15) is 0 Å². The zero-order valence-electron chi connectivity index (χ0n) is 18.1. The number of hydrogen-bond acceptors (Lipinski definition) is 2. The van der Waals surface area contributed by atoms with Crippen LogP contribution in [0.4, 0.5) is 0 Å². The number of furan rings is 1. The van der Waals surface area contributed by atoms with E-state index in [1.807, 2.05) is 18.2 Å². The number of para-hydroxylation sites is 2. The smallest absolute Gasteiger partial charge is 0.455 e. The van der Waals surface area contributed by atoms with Crippen LogP contribution in [0.5, 0.6) is 0 Å². The minimum absolute atomic E-state index is 0. The standard InChI is InChI=1S/C26H24NO.CH3.K/c1-3-4-5-8-19-27(2)21-12-9-11-20(17-18-21)22-14-10-15-24-23-13-6-7-16-25(23)28-26(22)24;;/h1,3-7,9-10,12-18H,8,11,19H2,2H3;1H3;/q2*-1;+1/b5-4-;;. The van der Waals surface area contributed by atoms with E-state index in [-0.39, 0.29) is 58.8 Å². The summed E-state index contributed by atoms with van der Waals surface area (Å²) < 4.78 is 6.21. The fraction of sp³-hybridized carbons (Fsp3) is 0.148. The maximum atomic E-state index is 6.21. The van der Waals surface area contributed by atoms with E-state index in [2.05, 4.69) is 72.7 Å². The summed E-state index contributed by atoms with van der Waals surface area (Å²) in [5, 5.41) is 2.34. The third-order valence-electron chi connectivity index (χ3n) is 5.15. The van der Waals surface area contributed by atoms with Crippen molar-refractivity contribution in [2.75, 3.05) is 13.6 Å². The maximum absolute atomic E-state index is 6.21. The van der Waals surface area contributed by atoms with Crippen LogP contribution in [0.15, 0.2) is 95.1 Å². The van der Waals surface area contributed by atoms with E-state index >= 15 is 0 Å². The van der Waals surface area contributed by atoms with Crippen molar-refractivity contribution in [2.24, 2.45) is 0 Å². The minimum atomic E-state index is 0. The molecule has 0 unspecified atom stereocenters. The third kappa shape index (κ3) is 5.34. The molecule has 0 fully saturated rings. The largest absolute Gasteiger partial charge is 1.00 e. The van der Waals surface area contributed by atoms with Crippen molar-refractivity contribution in [3.05, 3.63) is 110 Å². The minimum Gasteiger partial charge on any atom is -0.455 e. The van der Waals surface area contributed by atoms with Gasteiger partial charge < -0.3 is 16.7 Å². The normalized spacial score (nSPS) is 13.4. The van der Waals surface area contributed by atoms with Crippen LogP contribution in [0.1, 0.15) is 18.4 Å². The van der Waals surface area contributed by atoms with Gasteiger partial charge in [0.2, 0.25) is 0 Å². The summed E-state index contributed by atoms with van der Waals surface area (Å²) in [6, 6.07) is 14.6. The second-order valence-electron chi connectivity index (χ2n) is 7.00. The Balaban J connectivity index is 0.00000160. The van der Waals surface area contributed by atoms with E-state index in [1.54, 1.807) is 6.08 Å². The maximum Gasteiger partial charge on any atom is 1.00 e. The molecule has 3 aromatic rings. The molecule has 1 aliphatic carbocycles. The SMILES string of the molecule is [CH-]=C/C=C\CCN(C)C1=CC=C(c2cccc3c2oc2ccccc23)CC=C1.[CH3-].[K+]. The first-order valence-electron chi connectivity index (χ1n) is 9.67. The topological polar surface area (TPSA) is 16.4 Å². The van der Waals surface area contributed by atoms with E-state index in [0.29, 0.717) is 0 Å². The molecular weight excluding hydrogens is 393 g/mol. The number of nitrogens with zero attached hydrogens (tertiary/aromatic N) is 1. The first-order valence-corrected chi connectivity index (χ1v) is 9.67. The molecule has 0 aliphatic heterocycles. The molecule has 0 N–H and O–H groups in total. The molecule has 0 radical (unpaired) electrons. The quantitative estimate of drug-likeness (QED) is 0.339. The van der Waals surface area contributed by atoms with Gasteiger partial charge in [0.1, 0.15) is 11.2 Å². The van der Waals surface area contributed by atoms with Crippen LogP contribution in [0.3, 0.4) is 0 Å². The Morgan fingerprint density at radius 3 is 2.70 bits per heavy atom. The summed E-state index contributed by atoms with van der Waals surface area (Å²) >= 11 is 0. The molecule has 2 nitrogen and oxygen atoms in total. The van der Waals surface area contributed by atoms with Gasteiger partial charge in [-0.3, -0.25) is 6.58 Å². The van der Waals surface area contributed by atoms with Crippen molar-refractivity contribution in [3.63, 3.8) is 0 Å². The van der Waals surface area contributed by atoms with E-state index in [0.717, 1.165) is 30.6 Å². The fourth-order valence-electron chi connectivity index (χ4n) is 3.64. The second kappa shape index (κ2) is 11.7. The molecule has 0 saturated carbocycles. The predicted octanol–water partition coefficient (Wildman–Crippen LogP) is 4.13. The van der Waals surface area contributed by atoms with Gasteiger partial charge in [0.05, 0.1) is 0 Å². The Hall–Kier alpha value is -1.62. The molecule has 1 heterocycles. The van der Waals surface area contributed by atoms with Gasteiger partial charge in [0.15, 0.2) is 0 Å². The average Bonchev–Trinajstić information content (AvgIpc) is 2.93. The third-order valence-corrected chi connectivity index (χ3v) is 5.15. The molecule has 1 aliphatic rings. The van der Waals surface area contributed by atoms with E-state index in [4.69, 9.17) is 11.0 Å². The van der Waals surface area contributed by atoms with Crippen molar-refractivity contribution >= 4 is 27.5 Å². The van der Waals surface area contributed by atoms with Crippen LogP contribution in [0, 0.1) is 14.0 Å². The number of fused-ring (bicyclic) bond motifs is 3.